The maximum Gasteiger partial charge on any atom is 0.248 e. The van der Waals surface area contributed by atoms with Crippen LogP contribution in [0, 0.1) is 0 Å². The average Bonchev–Trinajstić information content (AvgIpc) is 3.37. The van der Waals surface area contributed by atoms with Gasteiger partial charge >= 0.3 is 0 Å². The number of pyridine rings is 1. The van der Waals surface area contributed by atoms with E-state index in [4.69, 9.17) is 32.7 Å². The van der Waals surface area contributed by atoms with E-state index in [0.717, 1.165) is 0 Å². The molecule has 0 aliphatic carbocycles. The Morgan fingerprint density at radius 2 is 1.84 bits per heavy atom. The number of imidazole rings is 1. The molecule has 3 heterocycles. The Labute approximate surface area is 222 Å². The van der Waals surface area contributed by atoms with Crippen molar-refractivity contribution in [2.45, 2.75) is 6.54 Å². The summed E-state index contributed by atoms with van der Waals surface area (Å²) in [5.74, 6) is 1.80. The lowest BCUT2D eigenvalue weighted by Gasteiger charge is -2.17. The van der Waals surface area contributed by atoms with Crippen molar-refractivity contribution < 1.29 is 14.3 Å². The summed E-state index contributed by atoms with van der Waals surface area (Å²) in [7, 11) is 3.00. The molecular weight excluding hydrogens is 519 g/mol. The van der Waals surface area contributed by atoms with Gasteiger partial charge in [0.25, 0.3) is 0 Å². The molecule has 190 valence electrons. The van der Waals surface area contributed by atoms with Gasteiger partial charge in [-0.15, -0.1) is 0 Å². The monoisotopic (exact) mass is 540 g/mol. The van der Waals surface area contributed by atoms with Crippen molar-refractivity contribution in [3.8, 4) is 22.8 Å². The molecule has 11 nitrogen and oxygen atoms in total. The molecule has 0 saturated carbocycles. The van der Waals surface area contributed by atoms with Crippen LogP contribution in [0.3, 0.4) is 0 Å². The van der Waals surface area contributed by atoms with E-state index in [1.54, 1.807) is 24.4 Å². The second kappa shape index (κ2) is 11.6. The van der Waals surface area contributed by atoms with Gasteiger partial charge in [-0.2, -0.15) is 0 Å². The molecule has 4 aromatic rings. The largest absolute Gasteiger partial charge is 0.495 e. The average molecular weight is 541 g/mol. The van der Waals surface area contributed by atoms with Gasteiger partial charge in [-0.05, 0) is 18.2 Å². The number of halogens is 2. The number of amides is 1. The van der Waals surface area contributed by atoms with Crippen molar-refractivity contribution in [2.75, 3.05) is 30.2 Å². The van der Waals surface area contributed by atoms with Gasteiger partial charge in [-0.3, -0.25) is 4.79 Å². The quantitative estimate of drug-likeness (QED) is 0.203. The van der Waals surface area contributed by atoms with Crippen LogP contribution in [-0.2, 0) is 11.3 Å². The number of hydrogen-bond acceptors (Lipinski definition) is 9. The fraction of sp³-hybridized carbons (Fsp3) is 0.125. The van der Waals surface area contributed by atoms with E-state index in [9.17, 15) is 4.79 Å². The number of methoxy groups -OCH3 is 2. The van der Waals surface area contributed by atoms with E-state index in [1.807, 2.05) is 6.07 Å². The van der Waals surface area contributed by atoms with Crippen molar-refractivity contribution in [1.29, 1.82) is 0 Å². The number of aromatic nitrogens is 5. The summed E-state index contributed by atoms with van der Waals surface area (Å²) in [4.78, 5) is 31.9. The Morgan fingerprint density at radius 3 is 2.54 bits per heavy atom. The van der Waals surface area contributed by atoms with Crippen LogP contribution in [0.2, 0.25) is 10.0 Å². The number of ether oxygens (including phenoxy) is 2. The van der Waals surface area contributed by atoms with Crippen LogP contribution in [0.4, 0.5) is 23.1 Å². The minimum atomic E-state index is -0.358. The molecule has 0 atom stereocenters. The van der Waals surface area contributed by atoms with E-state index in [2.05, 4.69) is 47.4 Å². The van der Waals surface area contributed by atoms with Crippen LogP contribution in [0.15, 0.2) is 55.8 Å². The first-order valence-corrected chi connectivity index (χ1v) is 11.5. The molecule has 0 fully saturated rings. The molecule has 3 aromatic heterocycles. The summed E-state index contributed by atoms with van der Waals surface area (Å²) < 4.78 is 10.7. The summed E-state index contributed by atoms with van der Waals surface area (Å²) in [6.45, 7) is 3.76. The molecule has 0 aliphatic heterocycles. The number of carbonyl (C=O) groups is 1. The lowest BCUT2D eigenvalue weighted by molar-refractivity contribution is -0.111. The Kier molecular flexibility index (Phi) is 8.06. The van der Waals surface area contributed by atoms with E-state index in [0.29, 0.717) is 58.1 Å². The second-order valence-electron chi connectivity index (χ2n) is 7.37. The fourth-order valence-electron chi connectivity index (χ4n) is 3.34. The number of anilines is 4. The van der Waals surface area contributed by atoms with E-state index < -0.39 is 0 Å². The first-order chi connectivity index (χ1) is 17.9. The lowest BCUT2D eigenvalue weighted by atomic mass is 10.1. The lowest BCUT2D eigenvalue weighted by Crippen LogP contribution is -2.11. The third-order valence-electron chi connectivity index (χ3n) is 5.16. The Morgan fingerprint density at radius 1 is 1.08 bits per heavy atom. The number of H-pyrrole nitrogens is 1. The zero-order valence-corrected chi connectivity index (χ0v) is 21.3. The van der Waals surface area contributed by atoms with Gasteiger partial charge in [0.2, 0.25) is 5.91 Å². The molecule has 13 heteroatoms. The van der Waals surface area contributed by atoms with Gasteiger partial charge in [0.15, 0.2) is 5.82 Å². The Bertz CT molecular complexity index is 1420. The molecule has 0 saturated heterocycles. The number of hydrogen-bond donors (Lipinski definition) is 4. The molecule has 1 aromatic carbocycles. The Hall–Kier alpha value is -4.35. The Balaban J connectivity index is 1.60. The summed E-state index contributed by atoms with van der Waals surface area (Å²) >= 11 is 13.1. The maximum absolute atomic E-state index is 11.6. The molecule has 37 heavy (non-hydrogen) atoms. The van der Waals surface area contributed by atoms with Crippen molar-refractivity contribution in [3.63, 3.8) is 0 Å². The normalized spacial score (nSPS) is 10.5. The number of rotatable bonds is 10. The number of benzene rings is 1. The highest BCUT2D eigenvalue weighted by atomic mass is 35.5. The molecule has 0 spiro atoms. The summed E-state index contributed by atoms with van der Waals surface area (Å²) in [5.41, 5.74) is 2.29. The summed E-state index contributed by atoms with van der Waals surface area (Å²) in [6.07, 6.45) is 5.71. The topological polar surface area (TPSA) is 139 Å². The highest BCUT2D eigenvalue weighted by Gasteiger charge is 2.19. The first kappa shape index (κ1) is 25.7. The van der Waals surface area contributed by atoms with Crippen LogP contribution in [0.5, 0.6) is 11.5 Å². The summed E-state index contributed by atoms with van der Waals surface area (Å²) in [5, 5.41) is 9.56. The zero-order valence-electron chi connectivity index (χ0n) is 19.8. The third kappa shape index (κ3) is 5.74. The van der Waals surface area contributed by atoms with Crippen molar-refractivity contribution in [2.24, 2.45) is 0 Å². The van der Waals surface area contributed by atoms with Crippen LogP contribution in [0.25, 0.3) is 11.3 Å². The van der Waals surface area contributed by atoms with Gasteiger partial charge in [-0.1, -0.05) is 29.8 Å². The number of nitrogens with zero attached hydrogens (tertiary/aromatic N) is 4. The zero-order chi connectivity index (χ0) is 26.4. The maximum atomic E-state index is 11.6. The number of carbonyl (C=O) groups excluding carboxylic acids is 1. The third-order valence-corrected chi connectivity index (χ3v) is 5.91. The highest BCUT2D eigenvalue weighted by molar-refractivity contribution is 6.41. The van der Waals surface area contributed by atoms with Crippen molar-refractivity contribution in [3.05, 3.63) is 71.5 Å². The molecule has 0 unspecified atom stereocenters. The number of nitrogens with one attached hydrogen (secondary N) is 4. The molecule has 0 aliphatic rings. The molecule has 1 amide bonds. The van der Waals surface area contributed by atoms with Gasteiger partial charge in [0, 0.05) is 23.9 Å². The molecular formula is C24H22Cl2N8O3. The van der Waals surface area contributed by atoms with Crippen LogP contribution in [-0.4, -0.2) is 45.0 Å². The van der Waals surface area contributed by atoms with Crippen LogP contribution >= 0.6 is 23.2 Å². The predicted molar refractivity (Wildman–Crippen MR) is 143 cm³/mol. The van der Waals surface area contributed by atoms with E-state index in [1.165, 1.54) is 33.0 Å². The SMILES string of the molecule is C=CC(=O)Nc1nc[nH]c1CNc1cc(-c2cccnc2Nc2c(Cl)c(OC)cc(OC)c2Cl)ncn1. The van der Waals surface area contributed by atoms with Gasteiger partial charge in [0.05, 0.1) is 44.2 Å². The second-order valence-corrected chi connectivity index (χ2v) is 8.13. The van der Waals surface area contributed by atoms with Gasteiger partial charge < -0.3 is 30.4 Å². The molecule has 0 bridgehead atoms. The van der Waals surface area contributed by atoms with Gasteiger partial charge in [-0.25, -0.2) is 19.9 Å². The van der Waals surface area contributed by atoms with Crippen molar-refractivity contribution in [1.82, 2.24) is 24.9 Å². The summed E-state index contributed by atoms with van der Waals surface area (Å²) in [6, 6.07) is 6.99. The molecule has 4 rings (SSSR count). The smallest absolute Gasteiger partial charge is 0.248 e. The predicted octanol–water partition coefficient (Wildman–Crippen LogP) is 5.07. The first-order valence-electron chi connectivity index (χ1n) is 10.8. The van der Waals surface area contributed by atoms with Gasteiger partial charge in [0.1, 0.15) is 39.5 Å². The van der Waals surface area contributed by atoms with E-state index in [-0.39, 0.29) is 16.0 Å². The molecule has 4 N–H and O–H groups in total. The standard InChI is InChI=1S/C24H22Cl2N8O3/c1-4-19(35)33-24-15(30-12-32-24)10-28-18-8-14(29-11-31-18)13-6-5-7-27-23(13)34-22-20(25)16(36-2)9-17(37-3)21(22)26/h4-9,11-12H,1,10H2,2-3H3,(H,27,34)(H,30,32)(H,33,35)(H,28,29,31). The van der Waals surface area contributed by atoms with E-state index >= 15 is 0 Å². The highest BCUT2D eigenvalue weighted by Crippen LogP contribution is 2.45. The molecule has 0 radical (unpaired) electrons. The van der Waals surface area contributed by atoms with Crippen molar-refractivity contribution >= 4 is 52.3 Å². The van der Waals surface area contributed by atoms with Crippen LogP contribution < -0.4 is 25.4 Å². The van der Waals surface area contributed by atoms with Crippen LogP contribution in [0.1, 0.15) is 5.69 Å². The fourth-order valence-corrected chi connectivity index (χ4v) is 3.93. The minimum Gasteiger partial charge on any atom is -0.495 e. The minimum absolute atomic E-state index is 0.272. The number of aromatic amines is 1.